The molecule has 28 heavy (non-hydrogen) atoms. The van der Waals surface area contributed by atoms with Crippen LogP contribution in [0, 0.1) is 4.91 Å². The first kappa shape index (κ1) is 19.7. The van der Waals surface area contributed by atoms with Crippen LogP contribution < -0.4 is 15.1 Å². The standard InChI is InChI=1S/C17H20BN3O7/c19-13(22)2-1-3-14(23)21-8-11(9-21)27-12-5-4-10-6-7-18(20-26)28-16(10)15(12)17(24)25/h4-5,11H,1-3,6-9H2,(H2,19,22)(H,24,25). The Balaban J connectivity index is 1.63. The summed E-state index contributed by atoms with van der Waals surface area (Å²) in [6.45, 7) is 0.649. The van der Waals surface area contributed by atoms with Crippen LogP contribution in [-0.4, -0.2) is 54.0 Å². The van der Waals surface area contributed by atoms with E-state index in [-0.39, 0.29) is 41.9 Å². The van der Waals surface area contributed by atoms with Crippen LogP contribution in [0.5, 0.6) is 11.5 Å². The number of rotatable bonds is 8. The van der Waals surface area contributed by atoms with Crippen LogP contribution in [0.4, 0.5) is 0 Å². The average Bonchev–Trinajstić information content (AvgIpc) is 2.62. The van der Waals surface area contributed by atoms with Crippen molar-refractivity contribution < 1.29 is 28.9 Å². The quantitative estimate of drug-likeness (QED) is 0.494. The van der Waals surface area contributed by atoms with Gasteiger partial charge in [0.25, 0.3) is 0 Å². The van der Waals surface area contributed by atoms with Gasteiger partial charge in [0.1, 0.15) is 23.2 Å². The minimum absolute atomic E-state index is 0.103. The van der Waals surface area contributed by atoms with Crippen LogP contribution in [-0.2, 0) is 16.0 Å². The van der Waals surface area contributed by atoms with Gasteiger partial charge in [-0.15, -0.1) is 0 Å². The van der Waals surface area contributed by atoms with Gasteiger partial charge in [0.2, 0.25) is 11.8 Å². The second-order valence-electron chi connectivity index (χ2n) is 6.81. The van der Waals surface area contributed by atoms with E-state index in [0.717, 1.165) is 0 Å². The molecule has 2 heterocycles. The highest BCUT2D eigenvalue weighted by atomic mass is 16.5. The van der Waals surface area contributed by atoms with Gasteiger partial charge in [-0.2, -0.15) is 4.91 Å². The smallest absolute Gasteiger partial charge is 0.538 e. The maximum absolute atomic E-state index is 12.0. The Morgan fingerprint density at radius 1 is 1.32 bits per heavy atom. The fraction of sp³-hybridized carbons (Fsp3) is 0.471. The molecule has 148 valence electrons. The lowest BCUT2D eigenvalue weighted by Gasteiger charge is -2.39. The van der Waals surface area contributed by atoms with Gasteiger partial charge in [-0.1, -0.05) is 11.2 Å². The van der Waals surface area contributed by atoms with E-state index in [1.54, 1.807) is 17.0 Å². The minimum atomic E-state index is -1.22. The maximum atomic E-state index is 12.0. The van der Waals surface area contributed by atoms with Crippen molar-refractivity contribution in [1.82, 2.24) is 4.90 Å². The number of carboxylic acids is 1. The van der Waals surface area contributed by atoms with E-state index in [2.05, 4.69) is 5.09 Å². The molecule has 3 N–H and O–H groups in total. The Morgan fingerprint density at radius 3 is 2.71 bits per heavy atom. The molecule has 2 aliphatic heterocycles. The molecule has 0 unspecified atom stereocenters. The summed E-state index contributed by atoms with van der Waals surface area (Å²) in [6.07, 6.45) is 1.32. The number of fused-ring (bicyclic) bond motifs is 1. The molecule has 0 atom stereocenters. The number of benzene rings is 1. The van der Waals surface area contributed by atoms with E-state index >= 15 is 0 Å². The van der Waals surface area contributed by atoms with Crippen molar-refractivity contribution in [2.75, 3.05) is 13.1 Å². The van der Waals surface area contributed by atoms with E-state index in [1.165, 1.54) is 0 Å². The molecular formula is C17H20BN3O7. The fourth-order valence-electron chi connectivity index (χ4n) is 3.26. The summed E-state index contributed by atoms with van der Waals surface area (Å²) in [4.78, 5) is 46.8. The Hall–Kier alpha value is -3.11. The second kappa shape index (κ2) is 8.28. The second-order valence-corrected chi connectivity index (χ2v) is 6.81. The molecule has 10 nitrogen and oxygen atoms in total. The van der Waals surface area contributed by atoms with Crippen molar-refractivity contribution in [3.63, 3.8) is 0 Å². The SMILES string of the molecule is NC(=O)CCCC(=O)N1CC(Oc2ccc3c(c2C(=O)O)OB(N=O)CC3)C1. The molecule has 0 saturated carbocycles. The Bertz CT molecular complexity index is 810. The summed E-state index contributed by atoms with van der Waals surface area (Å²) < 4.78 is 11.2. The summed E-state index contributed by atoms with van der Waals surface area (Å²) in [5.74, 6) is -1.53. The molecule has 2 aliphatic rings. The molecule has 3 rings (SSSR count). The van der Waals surface area contributed by atoms with Gasteiger partial charge >= 0.3 is 13.0 Å². The Kier molecular flexibility index (Phi) is 5.81. The third-order valence-corrected chi connectivity index (χ3v) is 4.76. The minimum Gasteiger partial charge on any atom is -0.538 e. The molecule has 1 aromatic carbocycles. The summed E-state index contributed by atoms with van der Waals surface area (Å²) in [6, 6.07) is 3.28. The summed E-state index contributed by atoms with van der Waals surface area (Å²) in [7, 11) is -0.918. The highest BCUT2D eigenvalue weighted by molar-refractivity contribution is 6.51. The number of carbonyl (C=O) groups is 3. The van der Waals surface area contributed by atoms with Crippen LogP contribution in [0.1, 0.15) is 35.2 Å². The lowest BCUT2D eigenvalue weighted by atomic mass is 9.74. The van der Waals surface area contributed by atoms with Crippen LogP contribution in [0.2, 0.25) is 6.32 Å². The molecule has 0 bridgehead atoms. The predicted molar refractivity (Wildman–Crippen MR) is 98.1 cm³/mol. The number of aromatic carboxylic acids is 1. The lowest BCUT2D eigenvalue weighted by Crippen LogP contribution is -2.56. The summed E-state index contributed by atoms with van der Waals surface area (Å²) in [5.41, 5.74) is 5.59. The van der Waals surface area contributed by atoms with Gasteiger partial charge < -0.3 is 25.1 Å². The van der Waals surface area contributed by atoms with Crippen LogP contribution in [0.15, 0.2) is 17.2 Å². The first-order valence-electron chi connectivity index (χ1n) is 9.00. The number of amides is 2. The van der Waals surface area contributed by atoms with Gasteiger partial charge in [0.05, 0.1) is 13.1 Å². The largest absolute Gasteiger partial charge is 0.547 e. The van der Waals surface area contributed by atoms with E-state index < -0.39 is 18.9 Å². The molecule has 0 aliphatic carbocycles. The number of nitroso groups, excluding NO2 is 1. The zero-order chi connectivity index (χ0) is 20.3. The normalized spacial score (nSPS) is 15.9. The molecular weight excluding hydrogens is 369 g/mol. The first-order valence-corrected chi connectivity index (χ1v) is 9.00. The van der Waals surface area contributed by atoms with Crippen LogP contribution >= 0.6 is 0 Å². The molecule has 11 heteroatoms. The van der Waals surface area contributed by atoms with Gasteiger partial charge in [-0.3, -0.25) is 9.59 Å². The number of ether oxygens (including phenoxy) is 1. The number of likely N-dealkylation sites (tertiary alicyclic amines) is 1. The summed E-state index contributed by atoms with van der Waals surface area (Å²) >= 11 is 0. The van der Waals surface area contributed by atoms with E-state index in [0.29, 0.717) is 37.8 Å². The number of primary amides is 1. The van der Waals surface area contributed by atoms with Crippen molar-refractivity contribution in [3.05, 3.63) is 28.2 Å². The zero-order valence-corrected chi connectivity index (χ0v) is 15.1. The highest BCUT2D eigenvalue weighted by Gasteiger charge is 2.35. The molecule has 2 amide bonds. The average molecular weight is 389 g/mol. The van der Waals surface area contributed by atoms with Crippen molar-refractivity contribution in [2.45, 2.75) is 38.1 Å². The monoisotopic (exact) mass is 389 g/mol. The van der Waals surface area contributed by atoms with E-state index in [1.807, 2.05) is 0 Å². The van der Waals surface area contributed by atoms with Crippen molar-refractivity contribution >= 4 is 24.8 Å². The lowest BCUT2D eigenvalue weighted by molar-refractivity contribution is -0.140. The number of carbonyl (C=O) groups excluding carboxylic acids is 2. The summed E-state index contributed by atoms with van der Waals surface area (Å²) in [5, 5.41) is 12.4. The highest BCUT2D eigenvalue weighted by Crippen LogP contribution is 2.37. The Morgan fingerprint density at radius 2 is 2.07 bits per heavy atom. The number of hydrogen-bond acceptors (Lipinski definition) is 7. The topological polar surface area (TPSA) is 149 Å². The molecule has 1 fully saturated rings. The van der Waals surface area contributed by atoms with Gasteiger partial charge in [0.15, 0.2) is 0 Å². The number of nitrogens with two attached hydrogens (primary N) is 1. The number of nitrogens with zero attached hydrogens (tertiary/aromatic N) is 2. The Labute approximate surface area is 161 Å². The fourth-order valence-corrected chi connectivity index (χ4v) is 3.26. The molecule has 0 radical (unpaired) electrons. The molecule has 1 saturated heterocycles. The van der Waals surface area contributed by atoms with Crippen LogP contribution in [0.3, 0.4) is 0 Å². The number of hydrogen-bond donors (Lipinski definition) is 2. The zero-order valence-electron chi connectivity index (χ0n) is 15.1. The van der Waals surface area contributed by atoms with E-state index in [9.17, 15) is 24.4 Å². The van der Waals surface area contributed by atoms with Gasteiger partial charge in [0, 0.05) is 12.8 Å². The van der Waals surface area contributed by atoms with Crippen molar-refractivity contribution in [3.8, 4) is 11.5 Å². The van der Waals surface area contributed by atoms with Crippen LogP contribution in [0.25, 0.3) is 0 Å². The molecule has 0 aromatic heterocycles. The van der Waals surface area contributed by atoms with Gasteiger partial charge in [-0.05, 0) is 30.8 Å². The number of aryl methyl sites for hydroxylation is 1. The van der Waals surface area contributed by atoms with Crippen molar-refractivity contribution in [2.24, 2.45) is 10.8 Å². The molecule has 1 aromatic rings. The first-order chi connectivity index (χ1) is 13.4. The third-order valence-electron chi connectivity index (χ3n) is 4.76. The van der Waals surface area contributed by atoms with E-state index in [4.69, 9.17) is 15.1 Å². The van der Waals surface area contributed by atoms with Gasteiger partial charge in [-0.25, -0.2) is 4.79 Å². The van der Waals surface area contributed by atoms with Crippen molar-refractivity contribution in [1.29, 1.82) is 0 Å². The maximum Gasteiger partial charge on any atom is 0.547 e. The third kappa shape index (κ3) is 4.24. The number of carboxylic acid groups (broad SMARTS) is 1. The predicted octanol–water partition coefficient (Wildman–Crippen LogP) is 0.819. The molecule has 0 spiro atoms.